The number of carbonyl (C=O) groups excluding carboxylic acids is 1. The van der Waals surface area contributed by atoms with Crippen molar-refractivity contribution in [3.05, 3.63) is 82.0 Å². The van der Waals surface area contributed by atoms with E-state index in [0.29, 0.717) is 19.6 Å². The minimum atomic E-state index is -0.408. The normalized spacial score (nSPS) is 22.0. The van der Waals surface area contributed by atoms with Crippen LogP contribution in [0.3, 0.4) is 0 Å². The van der Waals surface area contributed by atoms with Gasteiger partial charge in [-0.25, -0.2) is 0 Å². The van der Waals surface area contributed by atoms with Crippen molar-refractivity contribution >= 4 is 22.9 Å². The highest BCUT2D eigenvalue weighted by atomic mass is 32.1. The zero-order chi connectivity index (χ0) is 21.3. The molecular weight excluding hydrogens is 408 g/mol. The molecule has 160 valence electrons. The Morgan fingerprint density at radius 3 is 2.81 bits per heavy atom. The van der Waals surface area contributed by atoms with E-state index in [1.54, 1.807) is 18.4 Å². The van der Waals surface area contributed by atoms with Crippen molar-refractivity contribution in [2.24, 2.45) is 0 Å². The van der Waals surface area contributed by atoms with E-state index in [4.69, 9.17) is 9.47 Å². The summed E-state index contributed by atoms with van der Waals surface area (Å²) in [7, 11) is 1.68. The lowest BCUT2D eigenvalue weighted by Crippen LogP contribution is -2.37. The van der Waals surface area contributed by atoms with E-state index in [1.165, 1.54) is 16.8 Å². The zero-order valence-corrected chi connectivity index (χ0v) is 18.4. The molecule has 2 aliphatic rings. The number of hydrogen-bond acceptors (Lipinski definition) is 5. The summed E-state index contributed by atoms with van der Waals surface area (Å²) in [4.78, 5) is 16.3. The van der Waals surface area contributed by atoms with Crippen LogP contribution in [0.25, 0.3) is 0 Å². The summed E-state index contributed by atoms with van der Waals surface area (Å²) in [5, 5.41) is 5.06. The molecule has 2 unspecified atom stereocenters. The number of methoxy groups -OCH3 is 1. The number of para-hydroxylation sites is 1. The largest absolute Gasteiger partial charge is 0.497 e. The Hall–Kier alpha value is -2.83. The zero-order valence-electron chi connectivity index (χ0n) is 17.5. The number of fused-ring (bicyclic) bond motifs is 2. The van der Waals surface area contributed by atoms with E-state index in [2.05, 4.69) is 46.6 Å². The van der Waals surface area contributed by atoms with Crippen LogP contribution in [0.5, 0.6) is 5.75 Å². The highest BCUT2D eigenvalue weighted by molar-refractivity contribution is 7.09. The Morgan fingerprint density at radius 2 is 2.03 bits per heavy atom. The minimum absolute atomic E-state index is 0.0173. The predicted octanol–water partition coefficient (Wildman–Crippen LogP) is 4.12. The molecule has 2 aromatic carbocycles. The van der Waals surface area contributed by atoms with Gasteiger partial charge < -0.3 is 19.7 Å². The van der Waals surface area contributed by atoms with Gasteiger partial charge in [0.25, 0.3) is 0 Å². The molecule has 1 saturated heterocycles. The lowest BCUT2D eigenvalue weighted by molar-refractivity contribution is -0.130. The second kappa shape index (κ2) is 8.36. The molecule has 1 N–H and O–H groups in total. The predicted molar refractivity (Wildman–Crippen MR) is 123 cm³/mol. The first-order valence-electron chi connectivity index (χ1n) is 10.6. The number of anilines is 1. The number of nitrogens with one attached hydrogen (secondary N) is 1. The average Bonchev–Trinajstić information content (AvgIpc) is 3.54. The van der Waals surface area contributed by atoms with Crippen LogP contribution in [0.1, 0.15) is 22.4 Å². The number of ether oxygens (including phenoxy) is 2. The van der Waals surface area contributed by atoms with Crippen LogP contribution in [-0.4, -0.2) is 32.3 Å². The van der Waals surface area contributed by atoms with Gasteiger partial charge in [-0.2, -0.15) is 0 Å². The fraction of sp³-hybridized carbons (Fsp3) is 0.320. The van der Waals surface area contributed by atoms with Crippen LogP contribution in [0.2, 0.25) is 0 Å². The third-order valence-electron chi connectivity index (χ3n) is 6.29. The van der Waals surface area contributed by atoms with Crippen molar-refractivity contribution in [1.82, 2.24) is 5.32 Å². The highest BCUT2D eigenvalue weighted by Gasteiger charge is 2.50. The Labute approximate surface area is 186 Å². The molecule has 3 heterocycles. The minimum Gasteiger partial charge on any atom is -0.497 e. The molecule has 1 amide bonds. The molecule has 2 aliphatic heterocycles. The second-order valence-corrected chi connectivity index (χ2v) is 9.33. The van der Waals surface area contributed by atoms with E-state index >= 15 is 0 Å². The van der Waals surface area contributed by atoms with Crippen molar-refractivity contribution in [3.63, 3.8) is 0 Å². The molecule has 1 spiro atoms. The number of benzene rings is 2. The number of thiophene rings is 1. The fourth-order valence-electron chi connectivity index (χ4n) is 4.73. The molecule has 6 heteroatoms. The molecule has 1 fully saturated rings. The molecule has 0 bridgehead atoms. The Balaban J connectivity index is 1.31. The molecular formula is C25H26N2O3S. The van der Waals surface area contributed by atoms with Crippen molar-refractivity contribution in [1.29, 1.82) is 0 Å². The van der Waals surface area contributed by atoms with E-state index in [1.807, 2.05) is 29.6 Å². The SMILES string of the molecule is COc1ccc(CN2CC3(COC(C(=O)NCc4cccs4)C3)c3ccccc32)cc1. The summed E-state index contributed by atoms with van der Waals surface area (Å²) in [6.07, 6.45) is 0.299. The smallest absolute Gasteiger partial charge is 0.249 e. The van der Waals surface area contributed by atoms with Crippen LogP contribution in [0.4, 0.5) is 5.69 Å². The molecule has 1 aromatic heterocycles. The standard InChI is InChI=1S/C25H26N2O3S/c1-29-19-10-8-18(9-11-19)15-27-16-25(21-6-2-3-7-22(21)27)13-23(30-17-25)24(28)26-14-20-5-4-12-31-20/h2-12,23H,13-17H2,1H3,(H,26,28). The Bertz CT molecular complexity index is 1050. The van der Waals surface area contributed by atoms with Crippen molar-refractivity contribution in [2.75, 3.05) is 25.2 Å². The summed E-state index contributed by atoms with van der Waals surface area (Å²) < 4.78 is 11.3. The molecule has 2 atom stereocenters. The Morgan fingerprint density at radius 1 is 1.19 bits per heavy atom. The maximum atomic E-state index is 12.8. The third kappa shape index (κ3) is 3.93. The Kier molecular flexibility index (Phi) is 5.42. The maximum Gasteiger partial charge on any atom is 0.249 e. The molecule has 31 heavy (non-hydrogen) atoms. The van der Waals surface area contributed by atoms with Gasteiger partial charge in [0.05, 0.1) is 20.3 Å². The number of hydrogen-bond donors (Lipinski definition) is 1. The second-order valence-electron chi connectivity index (χ2n) is 8.30. The highest BCUT2D eigenvalue weighted by Crippen LogP contribution is 2.47. The van der Waals surface area contributed by atoms with Crippen LogP contribution >= 0.6 is 11.3 Å². The van der Waals surface area contributed by atoms with Gasteiger partial charge in [0.1, 0.15) is 11.9 Å². The van der Waals surface area contributed by atoms with E-state index in [0.717, 1.165) is 23.7 Å². The summed E-state index contributed by atoms with van der Waals surface area (Å²) in [6.45, 7) is 2.80. The first-order chi connectivity index (χ1) is 15.2. The first-order valence-corrected chi connectivity index (χ1v) is 11.4. The summed E-state index contributed by atoms with van der Waals surface area (Å²) in [5.74, 6) is 0.846. The monoisotopic (exact) mass is 434 g/mol. The van der Waals surface area contributed by atoms with Gasteiger partial charge in [-0.05, 0) is 47.2 Å². The van der Waals surface area contributed by atoms with Gasteiger partial charge in [-0.1, -0.05) is 36.4 Å². The lowest BCUT2D eigenvalue weighted by atomic mass is 9.80. The molecule has 3 aromatic rings. The van der Waals surface area contributed by atoms with Crippen LogP contribution in [0, 0.1) is 0 Å². The molecule has 0 saturated carbocycles. The van der Waals surface area contributed by atoms with Gasteiger partial charge in [0, 0.05) is 29.1 Å². The average molecular weight is 435 g/mol. The van der Waals surface area contributed by atoms with Gasteiger partial charge in [-0.3, -0.25) is 4.79 Å². The van der Waals surface area contributed by atoms with Gasteiger partial charge in [0.2, 0.25) is 5.91 Å². The van der Waals surface area contributed by atoms with Gasteiger partial charge in [-0.15, -0.1) is 11.3 Å². The van der Waals surface area contributed by atoms with E-state index < -0.39 is 6.10 Å². The molecule has 5 rings (SSSR count). The first kappa shape index (κ1) is 20.1. The number of carbonyl (C=O) groups is 1. The van der Waals surface area contributed by atoms with E-state index in [-0.39, 0.29) is 11.3 Å². The quantitative estimate of drug-likeness (QED) is 0.634. The third-order valence-corrected chi connectivity index (χ3v) is 7.16. The molecule has 0 radical (unpaired) electrons. The van der Waals surface area contributed by atoms with Gasteiger partial charge in [0.15, 0.2) is 0 Å². The fourth-order valence-corrected chi connectivity index (χ4v) is 5.37. The van der Waals surface area contributed by atoms with Crippen molar-refractivity contribution in [3.8, 4) is 5.75 Å². The lowest BCUT2D eigenvalue weighted by Gasteiger charge is -2.24. The van der Waals surface area contributed by atoms with Crippen molar-refractivity contribution in [2.45, 2.75) is 31.0 Å². The van der Waals surface area contributed by atoms with E-state index in [9.17, 15) is 4.79 Å². The topological polar surface area (TPSA) is 50.8 Å². The van der Waals surface area contributed by atoms with Gasteiger partial charge >= 0.3 is 0 Å². The molecule has 0 aliphatic carbocycles. The summed E-state index contributed by atoms with van der Waals surface area (Å²) in [6, 6.07) is 20.8. The maximum absolute atomic E-state index is 12.8. The number of rotatable bonds is 6. The molecule has 5 nitrogen and oxygen atoms in total. The van der Waals surface area contributed by atoms with Crippen LogP contribution in [0.15, 0.2) is 66.0 Å². The number of amides is 1. The summed E-state index contributed by atoms with van der Waals surface area (Å²) in [5.41, 5.74) is 3.61. The number of nitrogens with zero attached hydrogens (tertiary/aromatic N) is 1. The van der Waals surface area contributed by atoms with Crippen molar-refractivity contribution < 1.29 is 14.3 Å². The summed E-state index contributed by atoms with van der Waals surface area (Å²) >= 11 is 1.65. The van der Waals surface area contributed by atoms with Crippen LogP contribution in [-0.2, 0) is 28.0 Å². The van der Waals surface area contributed by atoms with Crippen LogP contribution < -0.4 is 15.0 Å².